The van der Waals surface area contributed by atoms with E-state index in [1.165, 1.54) is 0 Å². The second kappa shape index (κ2) is 6.83. The van der Waals surface area contributed by atoms with Gasteiger partial charge in [0.1, 0.15) is 12.1 Å². The average molecular weight is 348 g/mol. The molecule has 1 aliphatic rings. The molecule has 2 rings (SSSR count). The molecule has 0 spiro atoms. The number of esters is 1. The van der Waals surface area contributed by atoms with Crippen molar-refractivity contribution in [1.82, 2.24) is 9.55 Å². The number of halogens is 1. The molecule has 24 heavy (non-hydrogen) atoms. The van der Waals surface area contributed by atoms with Crippen molar-refractivity contribution in [2.75, 3.05) is 6.56 Å². The Bertz CT molecular complexity index is 846. The van der Waals surface area contributed by atoms with Crippen molar-refractivity contribution in [3.63, 3.8) is 0 Å². The summed E-state index contributed by atoms with van der Waals surface area (Å²) >= 11 is 0. The van der Waals surface area contributed by atoms with Crippen molar-refractivity contribution in [2.45, 2.75) is 44.5 Å². The van der Waals surface area contributed by atoms with E-state index in [-0.39, 0.29) is 0 Å². The van der Waals surface area contributed by atoms with Crippen LogP contribution >= 0.6 is 0 Å². The molecule has 1 aliphatic heterocycles. The number of nitrogens with one attached hydrogen (secondary N) is 1. The van der Waals surface area contributed by atoms with Crippen LogP contribution in [0.2, 0.25) is 0 Å². The molecule has 1 fully saturated rings. The van der Waals surface area contributed by atoms with E-state index in [0.29, 0.717) is 4.57 Å². The van der Waals surface area contributed by atoms with Gasteiger partial charge in [-0.15, -0.1) is 0 Å². The fraction of sp³-hybridized carbons (Fsp3) is 0.643. The van der Waals surface area contributed by atoms with Crippen LogP contribution in [0.15, 0.2) is 21.9 Å². The lowest BCUT2D eigenvalue weighted by atomic mass is 10.1. The molecular formula is C14H20FN3O6. The second-order valence-electron chi connectivity index (χ2n) is 5.66. The van der Waals surface area contributed by atoms with E-state index in [1.807, 2.05) is 4.98 Å². The van der Waals surface area contributed by atoms with Crippen molar-refractivity contribution in [3.8, 4) is 0 Å². The van der Waals surface area contributed by atoms with E-state index in [2.05, 4.69) is 4.74 Å². The van der Waals surface area contributed by atoms with Crippen molar-refractivity contribution >= 4 is 5.97 Å². The van der Waals surface area contributed by atoms with Crippen LogP contribution in [0.3, 0.4) is 0 Å². The number of ether oxygens (including phenoxy) is 2. The molecule has 0 unspecified atom stereocenters. The third kappa shape index (κ3) is 3.89. The van der Waals surface area contributed by atoms with Crippen LogP contribution < -0.4 is 17.0 Å². The van der Waals surface area contributed by atoms with Crippen LogP contribution in [0, 0.1) is 5.92 Å². The lowest BCUT2D eigenvalue weighted by Gasteiger charge is -2.22. The Labute approximate surface area is 140 Å². The summed E-state index contributed by atoms with van der Waals surface area (Å²) in [5, 5.41) is 10.1. The van der Waals surface area contributed by atoms with Crippen LogP contribution in [0.25, 0.3) is 0 Å². The zero-order valence-electron chi connectivity index (χ0n) is 16.0. The molecule has 0 radical (unpaired) electrons. The van der Waals surface area contributed by atoms with E-state index >= 15 is 4.39 Å². The summed E-state index contributed by atoms with van der Waals surface area (Å²) in [6.07, 6.45) is -5.17. The molecule has 0 saturated carbocycles. The Balaban J connectivity index is 2.35. The van der Waals surface area contributed by atoms with Gasteiger partial charge >= 0.3 is 11.7 Å². The molecule has 0 bridgehead atoms. The SMILES string of the molecule is [2H]C([2H])(OC(=O)[C@@H](N)C(C)C)[C@]1(F)C[C@@H](O)[C@]([2H])(n2ccc(=O)[nH]c2=O)O1. The molecule has 2 heterocycles. The molecule has 1 aromatic heterocycles. The van der Waals surface area contributed by atoms with Gasteiger partial charge in [0.2, 0.25) is 5.85 Å². The lowest BCUT2D eigenvalue weighted by molar-refractivity contribution is -0.196. The number of rotatable bonds is 5. The predicted octanol–water partition coefficient (Wildman–Crippen LogP) is -0.991. The molecular weight excluding hydrogens is 325 g/mol. The Morgan fingerprint density at radius 3 is 3.00 bits per heavy atom. The number of hydrogen-bond donors (Lipinski definition) is 3. The molecule has 0 aliphatic carbocycles. The van der Waals surface area contributed by atoms with Crippen LogP contribution in [-0.2, 0) is 14.3 Å². The maximum atomic E-state index is 15.2. The number of H-pyrrole nitrogens is 1. The quantitative estimate of drug-likeness (QED) is 0.581. The van der Waals surface area contributed by atoms with Gasteiger partial charge in [-0.1, -0.05) is 13.8 Å². The highest BCUT2D eigenvalue weighted by Crippen LogP contribution is 2.37. The molecule has 0 amide bonds. The molecule has 4 atom stereocenters. The highest BCUT2D eigenvalue weighted by molar-refractivity contribution is 5.75. The van der Waals surface area contributed by atoms with Gasteiger partial charge in [-0.3, -0.25) is 19.1 Å². The average Bonchev–Trinajstić information content (AvgIpc) is 2.77. The van der Waals surface area contributed by atoms with Gasteiger partial charge in [-0.2, -0.15) is 0 Å². The van der Waals surface area contributed by atoms with Crippen molar-refractivity contribution < 1.29 is 27.9 Å². The second-order valence-corrected chi connectivity index (χ2v) is 5.66. The Kier molecular flexibility index (Phi) is 4.08. The van der Waals surface area contributed by atoms with Gasteiger partial charge in [0.05, 0.1) is 4.11 Å². The van der Waals surface area contributed by atoms with Crippen molar-refractivity contribution in [1.29, 1.82) is 0 Å². The summed E-state index contributed by atoms with van der Waals surface area (Å²) in [5.41, 5.74) is 3.56. The number of alkyl halides is 1. The highest BCUT2D eigenvalue weighted by atomic mass is 19.2. The van der Waals surface area contributed by atoms with Gasteiger partial charge in [0, 0.05) is 18.7 Å². The molecule has 0 aromatic carbocycles. The minimum Gasteiger partial charge on any atom is -0.458 e. The van der Waals surface area contributed by atoms with Crippen LogP contribution in [-0.4, -0.2) is 45.2 Å². The minimum atomic E-state index is -3.46. The van der Waals surface area contributed by atoms with E-state index in [9.17, 15) is 19.5 Å². The minimum absolute atomic E-state index is 0.387. The number of carbonyl (C=O) groups excluding carboxylic acids is 1. The van der Waals surface area contributed by atoms with E-state index < -0.39 is 60.3 Å². The summed E-state index contributed by atoms with van der Waals surface area (Å²) in [6.45, 7) is -0.286. The van der Waals surface area contributed by atoms with Gasteiger partial charge in [-0.05, 0) is 5.92 Å². The first-order chi connectivity index (χ1) is 12.2. The van der Waals surface area contributed by atoms with E-state index in [4.69, 9.17) is 14.6 Å². The number of nitrogens with zero attached hydrogens (tertiary/aromatic N) is 1. The first-order valence-corrected chi connectivity index (χ1v) is 7.11. The largest absolute Gasteiger partial charge is 0.458 e. The number of carbonyl (C=O) groups is 1. The van der Waals surface area contributed by atoms with Crippen molar-refractivity contribution in [2.24, 2.45) is 11.7 Å². The molecule has 10 heteroatoms. The Morgan fingerprint density at radius 2 is 2.42 bits per heavy atom. The van der Waals surface area contributed by atoms with Gasteiger partial charge in [0.25, 0.3) is 5.56 Å². The highest BCUT2D eigenvalue weighted by Gasteiger charge is 2.49. The predicted molar refractivity (Wildman–Crippen MR) is 79.7 cm³/mol. The van der Waals surface area contributed by atoms with Crippen molar-refractivity contribution in [3.05, 3.63) is 33.1 Å². The zero-order chi connectivity index (χ0) is 20.8. The van der Waals surface area contributed by atoms with Crippen LogP contribution in [0.5, 0.6) is 0 Å². The number of aliphatic hydroxyl groups is 1. The van der Waals surface area contributed by atoms with E-state index in [0.717, 1.165) is 12.3 Å². The van der Waals surface area contributed by atoms with Gasteiger partial charge in [0.15, 0.2) is 12.8 Å². The lowest BCUT2D eigenvalue weighted by Crippen LogP contribution is -2.40. The number of nitrogens with two attached hydrogens (primary N) is 1. The smallest absolute Gasteiger partial charge is 0.330 e. The van der Waals surface area contributed by atoms with Crippen LogP contribution in [0.4, 0.5) is 4.39 Å². The van der Waals surface area contributed by atoms with Gasteiger partial charge < -0.3 is 20.3 Å². The maximum Gasteiger partial charge on any atom is 0.330 e. The number of aromatic nitrogens is 2. The summed E-state index contributed by atoms with van der Waals surface area (Å²) in [4.78, 5) is 36.7. The molecule has 1 aromatic rings. The monoisotopic (exact) mass is 348 g/mol. The van der Waals surface area contributed by atoms with E-state index in [1.54, 1.807) is 13.8 Å². The maximum absolute atomic E-state index is 15.2. The Morgan fingerprint density at radius 1 is 1.75 bits per heavy atom. The first-order valence-electron chi connectivity index (χ1n) is 8.61. The summed E-state index contributed by atoms with van der Waals surface area (Å²) in [6, 6.07) is -0.403. The number of hydrogen-bond acceptors (Lipinski definition) is 7. The topological polar surface area (TPSA) is 137 Å². The standard InChI is InChI=1S/C14H20FN3O6/c1-7(2)10(16)12(21)23-6-14(15)5-8(19)11(24-14)18-4-3-9(20)17-13(18)22/h3-4,7-8,10-11,19H,5-6,16H2,1-2H3,(H,17,20,22)/t8-,10+,11-,14+/m1/s1/i6D2,11D. The molecule has 134 valence electrons. The molecule has 9 nitrogen and oxygen atoms in total. The first kappa shape index (κ1) is 14.3. The summed E-state index contributed by atoms with van der Waals surface area (Å²) < 4.78 is 48.4. The number of aliphatic hydroxyl groups excluding tert-OH is 1. The molecule has 1 saturated heterocycles. The normalized spacial score (nSPS) is 33.6. The van der Waals surface area contributed by atoms with Gasteiger partial charge in [-0.25, -0.2) is 9.18 Å². The zero-order valence-corrected chi connectivity index (χ0v) is 13.0. The summed E-state index contributed by atoms with van der Waals surface area (Å²) in [7, 11) is 0. The Hall–Kier alpha value is -2.04. The fourth-order valence-corrected chi connectivity index (χ4v) is 1.94. The van der Waals surface area contributed by atoms with Crippen LogP contribution in [0.1, 0.15) is 30.6 Å². The third-order valence-electron chi connectivity index (χ3n) is 3.36. The molecule has 4 N–H and O–H groups in total. The fourth-order valence-electron chi connectivity index (χ4n) is 1.94. The summed E-state index contributed by atoms with van der Waals surface area (Å²) in [5.74, 6) is -5.13. The third-order valence-corrected chi connectivity index (χ3v) is 3.36. The number of aromatic amines is 1.